The predicted octanol–water partition coefficient (Wildman–Crippen LogP) is -2.63. The molecule has 0 unspecified atom stereocenters. The van der Waals surface area contributed by atoms with Crippen LogP contribution in [-0.2, 0) is 15.0 Å². The van der Waals surface area contributed by atoms with Crippen LogP contribution in [0, 0.1) is 0 Å². The number of hydrogen-bond donors (Lipinski definition) is 3. The molecule has 1 amide bonds. The summed E-state index contributed by atoms with van der Waals surface area (Å²) in [5.74, 6) is -0.570. The van der Waals surface area contributed by atoms with Crippen molar-refractivity contribution in [3.8, 4) is 0 Å². The Kier molecular flexibility index (Phi) is 2.81. The van der Waals surface area contributed by atoms with Gasteiger partial charge in [0.2, 0.25) is 0 Å². The van der Waals surface area contributed by atoms with Gasteiger partial charge in [0, 0.05) is 6.54 Å². The van der Waals surface area contributed by atoms with Gasteiger partial charge in [-0.1, -0.05) is 0 Å². The lowest BCUT2D eigenvalue weighted by atomic mass is 9.96. The van der Waals surface area contributed by atoms with E-state index in [0.717, 1.165) is 4.31 Å². The number of carbonyl (C=O) groups is 1. The van der Waals surface area contributed by atoms with E-state index in [1.165, 1.54) is 0 Å². The zero-order chi connectivity index (χ0) is 11.0. The maximum atomic E-state index is 11.2. The Morgan fingerprint density at radius 2 is 2.14 bits per heavy atom. The minimum Gasteiger partial charge on any atom is -0.377 e. The molecule has 0 spiro atoms. The molecule has 82 valence electrons. The molecule has 1 heterocycles. The first-order valence-electron chi connectivity index (χ1n) is 4.08. The number of hydrogen-bond acceptors (Lipinski definition) is 4. The van der Waals surface area contributed by atoms with E-state index in [0.29, 0.717) is 6.54 Å². The summed E-state index contributed by atoms with van der Waals surface area (Å²) in [6.07, 6.45) is 0. The van der Waals surface area contributed by atoms with E-state index in [4.69, 9.17) is 5.14 Å². The maximum Gasteiger partial charge on any atom is 0.277 e. The number of nitrogens with one attached hydrogen (secondary N) is 1. The van der Waals surface area contributed by atoms with Crippen molar-refractivity contribution in [1.82, 2.24) is 9.62 Å². The molecule has 14 heavy (non-hydrogen) atoms. The molecule has 8 heteroatoms. The molecule has 0 aliphatic carbocycles. The predicted molar refractivity (Wildman–Crippen MR) is 48.3 cm³/mol. The molecule has 1 saturated heterocycles. The van der Waals surface area contributed by atoms with Gasteiger partial charge in [-0.2, -0.15) is 12.7 Å². The van der Waals surface area contributed by atoms with E-state index < -0.39 is 21.7 Å². The zero-order valence-electron chi connectivity index (χ0n) is 7.73. The molecule has 0 atom stereocenters. The standard InChI is InChI=1S/C6H13N3O4S/c1-2-8-5(10)6(11)3-9(4-6)14(7,12)13/h11H,2-4H2,1H3,(H,8,10)(H2,7,12,13). The summed E-state index contributed by atoms with van der Waals surface area (Å²) in [4.78, 5) is 11.2. The van der Waals surface area contributed by atoms with E-state index >= 15 is 0 Å². The van der Waals surface area contributed by atoms with E-state index in [2.05, 4.69) is 5.32 Å². The van der Waals surface area contributed by atoms with Crippen molar-refractivity contribution >= 4 is 16.1 Å². The van der Waals surface area contributed by atoms with Gasteiger partial charge in [0.25, 0.3) is 16.1 Å². The van der Waals surface area contributed by atoms with Crippen LogP contribution in [-0.4, -0.2) is 49.0 Å². The van der Waals surface area contributed by atoms with Crippen LogP contribution in [0.1, 0.15) is 6.92 Å². The minimum absolute atomic E-state index is 0.280. The third kappa shape index (κ3) is 2.03. The molecule has 0 bridgehead atoms. The fourth-order valence-electron chi connectivity index (χ4n) is 1.19. The number of nitrogens with two attached hydrogens (primary N) is 1. The Morgan fingerprint density at radius 3 is 2.50 bits per heavy atom. The van der Waals surface area contributed by atoms with Crippen LogP contribution >= 0.6 is 0 Å². The number of rotatable bonds is 3. The van der Waals surface area contributed by atoms with Gasteiger partial charge in [-0.15, -0.1) is 0 Å². The third-order valence-corrected chi connectivity index (χ3v) is 2.97. The first kappa shape index (κ1) is 11.4. The fourth-order valence-corrected chi connectivity index (χ4v) is 1.97. The second-order valence-corrected chi connectivity index (χ2v) is 4.75. The Bertz CT molecular complexity index is 333. The molecule has 1 fully saturated rings. The van der Waals surface area contributed by atoms with Crippen LogP contribution in [0.2, 0.25) is 0 Å². The molecule has 4 N–H and O–H groups in total. The molecule has 0 aromatic carbocycles. The van der Waals surface area contributed by atoms with Crippen LogP contribution in [0.5, 0.6) is 0 Å². The molecule has 1 aliphatic rings. The van der Waals surface area contributed by atoms with Gasteiger partial charge in [0.05, 0.1) is 13.1 Å². The van der Waals surface area contributed by atoms with E-state index in [9.17, 15) is 18.3 Å². The van der Waals surface area contributed by atoms with Crippen molar-refractivity contribution < 1.29 is 18.3 Å². The number of likely N-dealkylation sites (N-methyl/N-ethyl adjacent to an activating group) is 1. The van der Waals surface area contributed by atoms with E-state index in [-0.39, 0.29) is 13.1 Å². The summed E-state index contributed by atoms with van der Waals surface area (Å²) < 4.78 is 22.3. The highest BCUT2D eigenvalue weighted by molar-refractivity contribution is 7.86. The topological polar surface area (TPSA) is 113 Å². The number of amides is 1. The van der Waals surface area contributed by atoms with Crippen molar-refractivity contribution in [2.24, 2.45) is 5.14 Å². The van der Waals surface area contributed by atoms with Crippen molar-refractivity contribution in [3.05, 3.63) is 0 Å². The van der Waals surface area contributed by atoms with E-state index in [1.807, 2.05) is 0 Å². The summed E-state index contributed by atoms with van der Waals surface area (Å²) in [6, 6.07) is 0. The number of carbonyl (C=O) groups excluding carboxylic acids is 1. The molecule has 0 saturated carbocycles. The minimum atomic E-state index is -3.79. The zero-order valence-corrected chi connectivity index (χ0v) is 8.54. The van der Waals surface area contributed by atoms with E-state index in [1.54, 1.807) is 6.92 Å². The van der Waals surface area contributed by atoms with Crippen molar-refractivity contribution in [2.45, 2.75) is 12.5 Å². The van der Waals surface area contributed by atoms with Gasteiger partial charge in [-0.3, -0.25) is 4.79 Å². The summed E-state index contributed by atoms with van der Waals surface area (Å²) in [6.45, 7) is 1.53. The normalized spacial score (nSPS) is 21.4. The lowest BCUT2D eigenvalue weighted by Crippen LogP contribution is -2.70. The Hall–Kier alpha value is -0.700. The molecule has 0 aromatic heterocycles. The molecule has 1 rings (SSSR count). The van der Waals surface area contributed by atoms with Crippen LogP contribution in [0.15, 0.2) is 0 Å². The highest BCUT2D eigenvalue weighted by Gasteiger charge is 2.51. The second-order valence-electron chi connectivity index (χ2n) is 3.20. The Morgan fingerprint density at radius 1 is 1.64 bits per heavy atom. The lowest BCUT2D eigenvalue weighted by Gasteiger charge is -2.42. The first-order valence-corrected chi connectivity index (χ1v) is 5.58. The first-order chi connectivity index (χ1) is 6.29. The molecule has 0 radical (unpaired) electrons. The fraction of sp³-hybridized carbons (Fsp3) is 0.833. The van der Waals surface area contributed by atoms with Crippen molar-refractivity contribution in [1.29, 1.82) is 0 Å². The number of nitrogens with zero attached hydrogens (tertiary/aromatic N) is 1. The van der Waals surface area contributed by atoms with Gasteiger partial charge in [0.1, 0.15) is 0 Å². The molecular formula is C6H13N3O4S. The highest BCUT2D eigenvalue weighted by Crippen LogP contribution is 2.22. The van der Waals surface area contributed by atoms with Crippen LogP contribution in [0.25, 0.3) is 0 Å². The summed E-state index contributed by atoms with van der Waals surface area (Å²) in [7, 11) is -3.79. The SMILES string of the molecule is CCNC(=O)C1(O)CN(S(N)(=O)=O)C1. The quantitative estimate of drug-likeness (QED) is 0.486. The molecule has 7 nitrogen and oxygen atoms in total. The van der Waals surface area contributed by atoms with Gasteiger partial charge in [-0.25, -0.2) is 5.14 Å². The van der Waals surface area contributed by atoms with Gasteiger partial charge in [0.15, 0.2) is 5.60 Å². The average Bonchev–Trinajstić information content (AvgIpc) is 1.97. The van der Waals surface area contributed by atoms with Gasteiger partial charge >= 0.3 is 0 Å². The van der Waals surface area contributed by atoms with Crippen molar-refractivity contribution in [3.63, 3.8) is 0 Å². The van der Waals surface area contributed by atoms with Gasteiger partial charge in [-0.05, 0) is 6.92 Å². The number of β-amino-alcohol motifs (C(OH)–C–C–N with tert-alkyl or cyclic N) is 1. The van der Waals surface area contributed by atoms with Crippen molar-refractivity contribution in [2.75, 3.05) is 19.6 Å². The Balaban J connectivity index is 2.57. The maximum absolute atomic E-state index is 11.2. The summed E-state index contributed by atoms with van der Waals surface area (Å²) in [5.41, 5.74) is -1.62. The lowest BCUT2D eigenvalue weighted by molar-refractivity contribution is -0.151. The van der Waals surface area contributed by atoms with Crippen LogP contribution < -0.4 is 10.5 Å². The summed E-state index contributed by atoms with van der Waals surface area (Å²) >= 11 is 0. The molecule has 0 aromatic rings. The second kappa shape index (κ2) is 3.46. The molecular weight excluding hydrogens is 210 g/mol. The average molecular weight is 223 g/mol. The highest BCUT2D eigenvalue weighted by atomic mass is 32.2. The largest absolute Gasteiger partial charge is 0.377 e. The third-order valence-electron chi connectivity index (χ3n) is 2.00. The Labute approximate surface area is 82.1 Å². The van der Waals surface area contributed by atoms with Gasteiger partial charge < -0.3 is 10.4 Å². The van der Waals surface area contributed by atoms with Crippen LogP contribution in [0.4, 0.5) is 0 Å². The number of aliphatic hydroxyl groups is 1. The molecule has 1 aliphatic heterocycles. The monoisotopic (exact) mass is 223 g/mol. The summed E-state index contributed by atoms with van der Waals surface area (Å²) in [5, 5.41) is 16.8. The smallest absolute Gasteiger partial charge is 0.277 e. The van der Waals surface area contributed by atoms with Crippen LogP contribution in [0.3, 0.4) is 0 Å².